The lowest BCUT2D eigenvalue weighted by Gasteiger charge is -2.31. The number of H-pyrrole nitrogens is 1. The van der Waals surface area contributed by atoms with Crippen LogP contribution in [0.5, 0.6) is 0 Å². The number of Topliss-reactive ketones (excluding diaryl/α,β-unsaturated/α-hetero) is 1. The molecule has 1 amide bonds. The van der Waals surface area contributed by atoms with E-state index >= 15 is 0 Å². The second kappa shape index (κ2) is 7.76. The number of nitrogens with one attached hydrogen (secondary N) is 2. The number of nitrogens with zero attached hydrogens (tertiary/aromatic N) is 1. The van der Waals surface area contributed by atoms with Crippen molar-refractivity contribution in [1.29, 1.82) is 0 Å². The van der Waals surface area contributed by atoms with Crippen LogP contribution in [0.25, 0.3) is 10.9 Å². The van der Waals surface area contributed by atoms with E-state index in [0.29, 0.717) is 13.1 Å². The number of aromatic amines is 1. The van der Waals surface area contributed by atoms with Gasteiger partial charge in [0.2, 0.25) is 5.91 Å². The lowest BCUT2D eigenvalue weighted by Crippen LogP contribution is -2.42. The standard InChI is InChI=1S/C22H23N3O2/c26-21(19-13-23-20-11-5-4-10-18(19)20)15-25-12-6-7-16(14-25)22(27)24-17-8-2-1-3-9-17/h1-5,8-11,13,16,23H,6-7,12,14-15H2,(H,24,27). The molecular formula is C22H23N3O2. The van der Waals surface area contributed by atoms with E-state index in [2.05, 4.69) is 15.2 Å². The van der Waals surface area contributed by atoms with Gasteiger partial charge in [-0.25, -0.2) is 0 Å². The molecule has 5 nitrogen and oxygen atoms in total. The number of hydrogen-bond donors (Lipinski definition) is 2. The summed E-state index contributed by atoms with van der Waals surface area (Å²) in [5.41, 5.74) is 2.51. The molecule has 1 aromatic heterocycles. The molecule has 1 atom stereocenters. The highest BCUT2D eigenvalue weighted by atomic mass is 16.2. The fourth-order valence-electron chi connectivity index (χ4n) is 3.77. The highest BCUT2D eigenvalue weighted by molar-refractivity contribution is 6.08. The molecule has 1 fully saturated rings. The lowest BCUT2D eigenvalue weighted by molar-refractivity contribution is -0.121. The summed E-state index contributed by atoms with van der Waals surface area (Å²) in [7, 11) is 0. The molecule has 3 aromatic rings. The maximum absolute atomic E-state index is 12.8. The van der Waals surface area contributed by atoms with Crippen LogP contribution in [0.3, 0.4) is 0 Å². The number of ketones is 1. The quantitative estimate of drug-likeness (QED) is 0.681. The molecular weight excluding hydrogens is 338 g/mol. The first-order chi connectivity index (χ1) is 13.2. The minimum absolute atomic E-state index is 0.0328. The molecule has 0 bridgehead atoms. The highest BCUT2D eigenvalue weighted by Crippen LogP contribution is 2.21. The van der Waals surface area contributed by atoms with E-state index in [1.165, 1.54) is 0 Å². The summed E-state index contributed by atoms with van der Waals surface area (Å²) in [6, 6.07) is 17.3. The summed E-state index contributed by atoms with van der Waals surface area (Å²) in [5, 5.41) is 3.94. The number of para-hydroxylation sites is 2. The van der Waals surface area contributed by atoms with Gasteiger partial charge in [-0.1, -0.05) is 36.4 Å². The smallest absolute Gasteiger partial charge is 0.228 e. The van der Waals surface area contributed by atoms with Crippen molar-refractivity contribution in [1.82, 2.24) is 9.88 Å². The van der Waals surface area contributed by atoms with E-state index in [9.17, 15) is 9.59 Å². The molecule has 0 saturated carbocycles. The zero-order valence-electron chi connectivity index (χ0n) is 15.2. The third-order valence-corrected chi connectivity index (χ3v) is 5.17. The summed E-state index contributed by atoms with van der Waals surface area (Å²) < 4.78 is 0. The van der Waals surface area contributed by atoms with E-state index in [4.69, 9.17) is 0 Å². The summed E-state index contributed by atoms with van der Waals surface area (Å²) >= 11 is 0. The first kappa shape index (κ1) is 17.5. The van der Waals surface area contributed by atoms with Crippen LogP contribution < -0.4 is 5.32 Å². The number of benzene rings is 2. The van der Waals surface area contributed by atoms with Crippen molar-refractivity contribution < 1.29 is 9.59 Å². The third-order valence-electron chi connectivity index (χ3n) is 5.17. The van der Waals surface area contributed by atoms with Crippen molar-refractivity contribution in [2.45, 2.75) is 12.8 Å². The molecule has 0 aliphatic carbocycles. The second-order valence-corrected chi connectivity index (χ2v) is 7.10. The Labute approximate surface area is 158 Å². The van der Waals surface area contributed by atoms with Gasteiger partial charge in [0, 0.05) is 34.9 Å². The lowest BCUT2D eigenvalue weighted by atomic mass is 9.96. The number of hydrogen-bond acceptors (Lipinski definition) is 3. The van der Waals surface area contributed by atoms with Crippen LogP contribution in [0.4, 0.5) is 5.69 Å². The van der Waals surface area contributed by atoms with Crippen LogP contribution in [-0.4, -0.2) is 41.2 Å². The second-order valence-electron chi connectivity index (χ2n) is 7.10. The normalized spacial score (nSPS) is 17.7. The maximum Gasteiger partial charge on any atom is 0.228 e. The molecule has 0 radical (unpaired) electrons. The Morgan fingerprint density at radius 2 is 1.85 bits per heavy atom. The van der Waals surface area contributed by atoms with Gasteiger partial charge in [0.05, 0.1) is 12.5 Å². The van der Waals surface area contributed by atoms with Crippen molar-refractivity contribution >= 4 is 28.3 Å². The van der Waals surface area contributed by atoms with Crippen LogP contribution in [0.1, 0.15) is 23.2 Å². The van der Waals surface area contributed by atoms with Crippen LogP contribution in [-0.2, 0) is 4.79 Å². The largest absolute Gasteiger partial charge is 0.360 e. The molecule has 1 aliphatic rings. The molecule has 1 unspecified atom stereocenters. The predicted octanol–water partition coefficient (Wildman–Crippen LogP) is 3.70. The van der Waals surface area contributed by atoms with E-state index < -0.39 is 0 Å². The number of carbonyl (C=O) groups is 2. The molecule has 4 rings (SSSR count). The Bertz CT molecular complexity index is 948. The minimum Gasteiger partial charge on any atom is -0.360 e. The Morgan fingerprint density at radius 1 is 1.07 bits per heavy atom. The van der Waals surface area contributed by atoms with E-state index in [0.717, 1.165) is 41.5 Å². The molecule has 1 saturated heterocycles. The van der Waals surface area contributed by atoms with Crippen LogP contribution in [0.15, 0.2) is 60.8 Å². The van der Waals surface area contributed by atoms with Crippen molar-refractivity contribution in [2.24, 2.45) is 5.92 Å². The van der Waals surface area contributed by atoms with Gasteiger partial charge in [0.25, 0.3) is 0 Å². The summed E-state index contributed by atoms with van der Waals surface area (Å²) in [6.07, 6.45) is 3.57. The molecule has 5 heteroatoms. The highest BCUT2D eigenvalue weighted by Gasteiger charge is 2.27. The number of rotatable bonds is 5. The first-order valence-electron chi connectivity index (χ1n) is 9.38. The van der Waals surface area contributed by atoms with Gasteiger partial charge in [-0.15, -0.1) is 0 Å². The van der Waals surface area contributed by atoms with E-state index in [1.807, 2.05) is 54.6 Å². The topological polar surface area (TPSA) is 65.2 Å². The molecule has 0 spiro atoms. The third kappa shape index (κ3) is 3.93. The van der Waals surface area contributed by atoms with E-state index in [1.54, 1.807) is 6.20 Å². The Kier molecular flexibility index (Phi) is 5.03. The van der Waals surface area contributed by atoms with Gasteiger partial charge in [-0.05, 0) is 37.6 Å². The SMILES string of the molecule is O=C(CN1CCCC(C(=O)Nc2ccccc2)C1)c1c[nH]c2ccccc12. The molecule has 2 N–H and O–H groups in total. The Morgan fingerprint density at radius 3 is 2.70 bits per heavy atom. The minimum atomic E-state index is -0.0882. The predicted molar refractivity (Wildman–Crippen MR) is 107 cm³/mol. The monoisotopic (exact) mass is 361 g/mol. The Balaban J connectivity index is 1.39. The number of carbonyl (C=O) groups excluding carboxylic acids is 2. The van der Waals surface area contributed by atoms with Crippen molar-refractivity contribution in [3.05, 3.63) is 66.4 Å². The van der Waals surface area contributed by atoms with Crippen molar-refractivity contribution in [2.75, 3.05) is 25.0 Å². The molecule has 27 heavy (non-hydrogen) atoms. The number of amides is 1. The van der Waals surface area contributed by atoms with Crippen LogP contribution >= 0.6 is 0 Å². The first-order valence-corrected chi connectivity index (χ1v) is 9.38. The van der Waals surface area contributed by atoms with Gasteiger partial charge in [0.15, 0.2) is 5.78 Å². The molecule has 138 valence electrons. The number of anilines is 1. The van der Waals surface area contributed by atoms with E-state index in [-0.39, 0.29) is 17.6 Å². The number of likely N-dealkylation sites (tertiary alicyclic amines) is 1. The van der Waals surface area contributed by atoms with Gasteiger partial charge < -0.3 is 10.3 Å². The number of piperidine rings is 1. The maximum atomic E-state index is 12.8. The number of fused-ring (bicyclic) bond motifs is 1. The summed E-state index contributed by atoms with van der Waals surface area (Å²) in [5.74, 6) is 0.0386. The zero-order chi connectivity index (χ0) is 18.6. The van der Waals surface area contributed by atoms with Crippen molar-refractivity contribution in [3.8, 4) is 0 Å². The average Bonchev–Trinajstić information content (AvgIpc) is 3.13. The molecule has 2 aromatic carbocycles. The average molecular weight is 361 g/mol. The van der Waals surface area contributed by atoms with Gasteiger partial charge in [0.1, 0.15) is 0 Å². The fourth-order valence-corrected chi connectivity index (χ4v) is 3.77. The van der Waals surface area contributed by atoms with Gasteiger partial charge in [-0.3, -0.25) is 14.5 Å². The zero-order valence-corrected chi connectivity index (χ0v) is 15.2. The number of aromatic nitrogens is 1. The van der Waals surface area contributed by atoms with Gasteiger partial charge in [-0.2, -0.15) is 0 Å². The molecule has 2 heterocycles. The Hall–Kier alpha value is -2.92. The molecule has 1 aliphatic heterocycles. The van der Waals surface area contributed by atoms with Crippen LogP contribution in [0, 0.1) is 5.92 Å². The van der Waals surface area contributed by atoms with Crippen LogP contribution in [0.2, 0.25) is 0 Å². The summed E-state index contributed by atoms with van der Waals surface area (Å²) in [4.78, 5) is 30.6. The van der Waals surface area contributed by atoms with Gasteiger partial charge >= 0.3 is 0 Å². The fraction of sp³-hybridized carbons (Fsp3) is 0.273. The van der Waals surface area contributed by atoms with Crippen molar-refractivity contribution in [3.63, 3.8) is 0 Å². The summed E-state index contributed by atoms with van der Waals surface area (Å²) in [6.45, 7) is 1.81.